The number of hydrogen-bond acceptors (Lipinski definition) is 4. The Hall–Kier alpha value is -2.63. The summed E-state index contributed by atoms with van der Waals surface area (Å²) >= 11 is 0. The van der Waals surface area contributed by atoms with Gasteiger partial charge in [0, 0.05) is 43.5 Å². The van der Waals surface area contributed by atoms with Crippen molar-refractivity contribution in [2.24, 2.45) is 0 Å². The maximum Gasteiger partial charge on any atom is 0.121 e. The van der Waals surface area contributed by atoms with E-state index in [4.69, 9.17) is 4.74 Å². The standard InChI is InChI=1S/C24H30N4O/c1-26(19-23-11-7-13-27(23)17-20-8-4-3-5-9-20)16-21-15-25-28(18-21)22-10-6-12-24(14-22)29-2/h3-6,8-10,12,14-15,18,23H,7,11,13,16-17,19H2,1-2H3/t23-/m1/s1. The SMILES string of the molecule is COc1cccc(-n2cc(CN(C)C[C@H]3CCCN3Cc3ccccc3)cn2)c1. The zero-order chi connectivity index (χ0) is 20.1. The largest absolute Gasteiger partial charge is 0.497 e. The molecule has 5 heteroatoms. The predicted octanol–water partition coefficient (Wildman–Crippen LogP) is 3.98. The van der Waals surface area contributed by atoms with E-state index in [0.717, 1.165) is 31.1 Å². The molecule has 0 unspecified atom stereocenters. The summed E-state index contributed by atoms with van der Waals surface area (Å²) < 4.78 is 7.24. The minimum absolute atomic E-state index is 0.619. The molecule has 5 nitrogen and oxygen atoms in total. The van der Waals surface area contributed by atoms with Crippen LogP contribution in [0.4, 0.5) is 0 Å². The van der Waals surface area contributed by atoms with Crippen molar-refractivity contribution >= 4 is 0 Å². The van der Waals surface area contributed by atoms with E-state index in [1.54, 1.807) is 7.11 Å². The highest BCUT2D eigenvalue weighted by atomic mass is 16.5. The van der Waals surface area contributed by atoms with Crippen LogP contribution in [0.1, 0.15) is 24.0 Å². The molecule has 1 aliphatic heterocycles. The summed E-state index contributed by atoms with van der Waals surface area (Å²) in [5.74, 6) is 0.844. The molecular formula is C24H30N4O. The average Bonchev–Trinajstić information content (AvgIpc) is 3.38. The van der Waals surface area contributed by atoms with Crippen LogP contribution in [-0.4, -0.2) is 52.9 Å². The first-order valence-corrected chi connectivity index (χ1v) is 10.4. The molecule has 2 aromatic carbocycles. The number of nitrogens with zero attached hydrogens (tertiary/aromatic N) is 4. The van der Waals surface area contributed by atoms with Crippen LogP contribution in [-0.2, 0) is 13.1 Å². The van der Waals surface area contributed by atoms with Crippen molar-refractivity contribution in [2.75, 3.05) is 27.2 Å². The molecular weight excluding hydrogens is 360 g/mol. The number of methoxy groups -OCH3 is 1. The molecule has 29 heavy (non-hydrogen) atoms. The van der Waals surface area contributed by atoms with Crippen LogP contribution in [0.2, 0.25) is 0 Å². The van der Waals surface area contributed by atoms with Crippen LogP contribution in [0.25, 0.3) is 5.69 Å². The van der Waals surface area contributed by atoms with Gasteiger partial charge in [-0.1, -0.05) is 36.4 Å². The predicted molar refractivity (Wildman–Crippen MR) is 116 cm³/mol. The molecule has 0 bridgehead atoms. The molecule has 1 atom stereocenters. The molecule has 1 saturated heterocycles. The van der Waals surface area contributed by atoms with Crippen LogP contribution < -0.4 is 4.74 Å². The fraction of sp³-hybridized carbons (Fsp3) is 0.375. The lowest BCUT2D eigenvalue weighted by molar-refractivity contribution is 0.182. The van der Waals surface area contributed by atoms with Crippen LogP contribution in [0.3, 0.4) is 0 Å². The summed E-state index contributed by atoms with van der Waals surface area (Å²) in [5, 5.41) is 4.54. The third-order valence-corrected chi connectivity index (χ3v) is 5.66. The van der Waals surface area contributed by atoms with E-state index >= 15 is 0 Å². The van der Waals surface area contributed by atoms with Crippen molar-refractivity contribution in [3.05, 3.63) is 78.1 Å². The number of rotatable bonds is 8. The zero-order valence-electron chi connectivity index (χ0n) is 17.4. The van der Waals surface area contributed by atoms with Crippen LogP contribution in [0, 0.1) is 0 Å². The molecule has 4 rings (SSSR count). The van der Waals surface area contributed by atoms with Gasteiger partial charge in [0.05, 0.1) is 19.0 Å². The Morgan fingerprint density at radius 1 is 1.10 bits per heavy atom. The molecule has 0 N–H and O–H groups in total. The maximum atomic E-state index is 5.32. The number of ether oxygens (including phenoxy) is 1. The van der Waals surface area contributed by atoms with Crippen LogP contribution in [0.5, 0.6) is 5.75 Å². The molecule has 0 radical (unpaired) electrons. The molecule has 0 saturated carbocycles. The Labute approximate surface area is 173 Å². The van der Waals surface area contributed by atoms with E-state index in [1.807, 2.05) is 35.1 Å². The van der Waals surface area contributed by atoms with Gasteiger partial charge in [-0.25, -0.2) is 4.68 Å². The minimum atomic E-state index is 0.619. The molecule has 1 aromatic heterocycles. The van der Waals surface area contributed by atoms with E-state index in [0.29, 0.717) is 6.04 Å². The van der Waals surface area contributed by atoms with Gasteiger partial charge in [-0.05, 0) is 44.1 Å². The maximum absolute atomic E-state index is 5.32. The van der Waals surface area contributed by atoms with Crippen molar-refractivity contribution < 1.29 is 4.74 Å². The van der Waals surface area contributed by atoms with Crippen molar-refractivity contribution in [3.8, 4) is 11.4 Å². The summed E-state index contributed by atoms with van der Waals surface area (Å²) in [6.45, 7) is 4.23. The highest BCUT2D eigenvalue weighted by Gasteiger charge is 2.25. The normalized spacial score (nSPS) is 17.1. The second kappa shape index (κ2) is 9.25. The minimum Gasteiger partial charge on any atom is -0.497 e. The van der Waals surface area contributed by atoms with E-state index in [1.165, 1.54) is 30.5 Å². The van der Waals surface area contributed by atoms with Gasteiger partial charge >= 0.3 is 0 Å². The molecule has 1 aliphatic rings. The Balaban J connectivity index is 1.34. The molecule has 3 aromatic rings. The summed E-state index contributed by atoms with van der Waals surface area (Å²) in [6.07, 6.45) is 6.65. The Morgan fingerprint density at radius 3 is 2.79 bits per heavy atom. The van der Waals surface area contributed by atoms with Gasteiger partial charge in [0.25, 0.3) is 0 Å². The fourth-order valence-electron chi connectivity index (χ4n) is 4.20. The molecule has 152 valence electrons. The van der Waals surface area contributed by atoms with Crippen molar-refractivity contribution in [1.82, 2.24) is 19.6 Å². The quantitative estimate of drug-likeness (QED) is 0.583. The van der Waals surface area contributed by atoms with E-state index in [-0.39, 0.29) is 0 Å². The Kier molecular flexibility index (Phi) is 6.27. The van der Waals surface area contributed by atoms with Crippen molar-refractivity contribution in [2.45, 2.75) is 32.0 Å². The van der Waals surface area contributed by atoms with Gasteiger partial charge in [-0.2, -0.15) is 5.10 Å². The number of likely N-dealkylation sites (N-methyl/N-ethyl adjacent to an activating group) is 1. The highest BCUT2D eigenvalue weighted by molar-refractivity contribution is 5.38. The van der Waals surface area contributed by atoms with Gasteiger partial charge in [-0.15, -0.1) is 0 Å². The average molecular weight is 391 g/mol. The lowest BCUT2D eigenvalue weighted by Crippen LogP contribution is -2.38. The van der Waals surface area contributed by atoms with Gasteiger partial charge < -0.3 is 9.64 Å². The van der Waals surface area contributed by atoms with Gasteiger partial charge in [0.15, 0.2) is 0 Å². The van der Waals surface area contributed by atoms with Crippen molar-refractivity contribution in [3.63, 3.8) is 0 Å². The topological polar surface area (TPSA) is 33.5 Å². The first-order valence-electron chi connectivity index (χ1n) is 10.4. The second-order valence-electron chi connectivity index (χ2n) is 7.94. The summed E-state index contributed by atoms with van der Waals surface area (Å²) in [5.41, 5.74) is 3.65. The lowest BCUT2D eigenvalue weighted by Gasteiger charge is -2.28. The molecule has 0 spiro atoms. The number of hydrogen-bond donors (Lipinski definition) is 0. The third-order valence-electron chi connectivity index (χ3n) is 5.66. The third kappa shape index (κ3) is 5.05. The zero-order valence-corrected chi connectivity index (χ0v) is 17.4. The van der Waals surface area contributed by atoms with Gasteiger partial charge in [-0.3, -0.25) is 4.90 Å². The second-order valence-corrected chi connectivity index (χ2v) is 7.94. The van der Waals surface area contributed by atoms with Crippen LogP contribution in [0.15, 0.2) is 67.0 Å². The first kappa shape index (κ1) is 19.7. The molecule has 0 amide bonds. The number of benzene rings is 2. The van der Waals surface area contributed by atoms with Gasteiger partial charge in [0.2, 0.25) is 0 Å². The number of aromatic nitrogens is 2. The first-order chi connectivity index (χ1) is 14.2. The lowest BCUT2D eigenvalue weighted by atomic mass is 10.1. The Bertz CT molecular complexity index is 908. The van der Waals surface area contributed by atoms with Crippen LogP contribution >= 0.6 is 0 Å². The smallest absolute Gasteiger partial charge is 0.121 e. The van der Waals surface area contributed by atoms with E-state index in [2.05, 4.69) is 58.5 Å². The monoisotopic (exact) mass is 390 g/mol. The summed E-state index contributed by atoms with van der Waals surface area (Å²) in [4.78, 5) is 5.05. The van der Waals surface area contributed by atoms with E-state index < -0.39 is 0 Å². The number of likely N-dealkylation sites (tertiary alicyclic amines) is 1. The molecule has 1 fully saturated rings. The van der Waals surface area contributed by atoms with Gasteiger partial charge in [0.1, 0.15) is 5.75 Å². The summed E-state index contributed by atoms with van der Waals surface area (Å²) in [7, 11) is 3.90. The molecule has 2 heterocycles. The molecule has 0 aliphatic carbocycles. The van der Waals surface area contributed by atoms with E-state index in [9.17, 15) is 0 Å². The fourth-order valence-corrected chi connectivity index (χ4v) is 4.20. The highest BCUT2D eigenvalue weighted by Crippen LogP contribution is 2.21. The summed E-state index contributed by atoms with van der Waals surface area (Å²) in [6, 6.07) is 19.4. The Morgan fingerprint density at radius 2 is 1.97 bits per heavy atom. The van der Waals surface area contributed by atoms with Crippen molar-refractivity contribution in [1.29, 1.82) is 0 Å².